The van der Waals surface area contributed by atoms with E-state index in [1.165, 1.54) is 0 Å². The SMILES string of the molecule is CCc1nc2ccccc2n1CC(=O)Nc1c(C)cccc1C. The van der Waals surface area contributed by atoms with Crippen LogP contribution in [0.5, 0.6) is 0 Å². The van der Waals surface area contributed by atoms with E-state index < -0.39 is 0 Å². The third kappa shape index (κ3) is 2.97. The van der Waals surface area contributed by atoms with Crippen molar-refractivity contribution in [1.29, 1.82) is 0 Å². The van der Waals surface area contributed by atoms with Crippen molar-refractivity contribution < 1.29 is 4.79 Å². The van der Waals surface area contributed by atoms with Gasteiger partial charge in [0.05, 0.1) is 11.0 Å². The van der Waals surface area contributed by atoms with Gasteiger partial charge < -0.3 is 9.88 Å². The average Bonchev–Trinajstić information content (AvgIpc) is 2.89. The molecule has 0 aliphatic rings. The van der Waals surface area contributed by atoms with Gasteiger partial charge in [-0.05, 0) is 37.1 Å². The first-order valence-electron chi connectivity index (χ1n) is 7.90. The molecule has 0 spiro atoms. The zero-order valence-electron chi connectivity index (χ0n) is 13.8. The highest BCUT2D eigenvalue weighted by Gasteiger charge is 2.13. The van der Waals surface area contributed by atoms with E-state index in [2.05, 4.69) is 17.2 Å². The Hall–Kier alpha value is -2.62. The molecule has 1 aromatic heterocycles. The van der Waals surface area contributed by atoms with Crippen LogP contribution < -0.4 is 5.32 Å². The second-order valence-electron chi connectivity index (χ2n) is 5.77. The molecule has 0 saturated heterocycles. The van der Waals surface area contributed by atoms with Crippen LogP contribution in [-0.2, 0) is 17.8 Å². The molecule has 0 bridgehead atoms. The molecule has 23 heavy (non-hydrogen) atoms. The number of rotatable bonds is 4. The van der Waals surface area contributed by atoms with Gasteiger partial charge in [0.1, 0.15) is 12.4 Å². The minimum absolute atomic E-state index is 0.0275. The van der Waals surface area contributed by atoms with Crippen LogP contribution >= 0.6 is 0 Å². The van der Waals surface area contributed by atoms with Gasteiger partial charge in [0, 0.05) is 12.1 Å². The van der Waals surface area contributed by atoms with Crippen LogP contribution in [0.4, 0.5) is 5.69 Å². The van der Waals surface area contributed by atoms with Crippen molar-refractivity contribution in [2.24, 2.45) is 0 Å². The molecule has 0 unspecified atom stereocenters. The fraction of sp³-hybridized carbons (Fsp3) is 0.263. The van der Waals surface area contributed by atoms with Crippen molar-refractivity contribution in [3.63, 3.8) is 0 Å². The zero-order valence-corrected chi connectivity index (χ0v) is 13.8. The summed E-state index contributed by atoms with van der Waals surface area (Å²) in [5, 5.41) is 3.05. The molecule has 3 aromatic rings. The Labute approximate surface area is 136 Å². The summed E-state index contributed by atoms with van der Waals surface area (Å²) in [7, 11) is 0. The Morgan fingerprint density at radius 1 is 1.09 bits per heavy atom. The molecule has 118 valence electrons. The summed E-state index contributed by atoms with van der Waals surface area (Å²) in [5.41, 5.74) is 4.99. The highest BCUT2D eigenvalue weighted by Crippen LogP contribution is 2.20. The Bertz CT molecular complexity index is 844. The lowest BCUT2D eigenvalue weighted by molar-refractivity contribution is -0.116. The van der Waals surface area contributed by atoms with Crippen molar-refractivity contribution in [2.75, 3.05) is 5.32 Å². The summed E-state index contributed by atoms with van der Waals surface area (Å²) in [6, 6.07) is 13.9. The van der Waals surface area contributed by atoms with Crippen LogP contribution in [0.2, 0.25) is 0 Å². The number of amides is 1. The predicted octanol–water partition coefficient (Wildman–Crippen LogP) is 3.85. The summed E-state index contributed by atoms with van der Waals surface area (Å²) < 4.78 is 2.00. The average molecular weight is 307 g/mol. The second kappa shape index (κ2) is 6.24. The smallest absolute Gasteiger partial charge is 0.244 e. The molecule has 1 N–H and O–H groups in total. The van der Waals surface area contributed by atoms with Gasteiger partial charge in [0.25, 0.3) is 0 Å². The number of aryl methyl sites for hydroxylation is 3. The number of para-hydroxylation sites is 3. The number of hydrogen-bond acceptors (Lipinski definition) is 2. The van der Waals surface area contributed by atoms with Gasteiger partial charge in [-0.25, -0.2) is 4.98 Å². The molecule has 4 heteroatoms. The monoisotopic (exact) mass is 307 g/mol. The maximum absolute atomic E-state index is 12.5. The van der Waals surface area contributed by atoms with Gasteiger partial charge in [0.15, 0.2) is 0 Å². The predicted molar refractivity (Wildman–Crippen MR) is 93.7 cm³/mol. The second-order valence-corrected chi connectivity index (χ2v) is 5.77. The van der Waals surface area contributed by atoms with Gasteiger partial charge in [-0.15, -0.1) is 0 Å². The molecule has 0 aliphatic heterocycles. The normalized spacial score (nSPS) is 10.9. The van der Waals surface area contributed by atoms with E-state index >= 15 is 0 Å². The first kappa shape index (κ1) is 15.3. The quantitative estimate of drug-likeness (QED) is 0.795. The Kier molecular flexibility index (Phi) is 4.15. The fourth-order valence-electron chi connectivity index (χ4n) is 2.91. The topological polar surface area (TPSA) is 46.9 Å². The Balaban J connectivity index is 1.89. The van der Waals surface area contributed by atoms with E-state index in [9.17, 15) is 4.79 Å². The summed E-state index contributed by atoms with van der Waals surface area (Å²) in [6.07, 6.45) is 0.797. The number of anilines is 1. The largest absolute Gasteiger partial charge is 0.324 e. The highest BCUT2D eigenvalue weighted by molar-refractivity contribution is 5.93. The lowest BCUT2D eigenvalue weighted by Gasteiger charge is -2.13. The Morgan fingerprint density at radius 3 is 2.48 bits per heavy atom. The van der Waals surface area contributed by atoms with Crippen molar-refractivity contribution in [2.45, 2.75) is 33.7 Å². The van der Waals surface area contributed by atoms with Gasteiger partial charge in [-0.3, -0.25) is 4.79 Å². The molecule has 0 saturated carbocycles. The molecule has 1 amide bonds. The third-order valence-corrected chi connectivity index (χ3v) is 4.10. The molecule has 3 rings (SSSR count). The number of carbonyl (C=O) groups excluding carboxylic acids is 1. The molecular weight excluding hydrogens is 286 g/mol. The fourth-order valence-corrected chi connectivity index (χ4v) is 2.91. The molecule has 0 radical (unpaired) electrons. The Morgan fingerprint density at radius 2 is 1.78 bits per heavy atom. The van der Waals surface area contributed by atoms with E-state index in [0.29, 0.717) is 0 Å². The molecule has 1 heterocycles. The third-order valence-electron chi connectivity index (χ3n) is 4.10. The van der Waals surface area contributed by atoms with E-state index in [1.54, 1.807) is 0 Å². The molecule has 0 aliphatic carbocycles. The number of carbonyl (C=O) groups is 1. The van der Waals surface area contributed by atoms with Crippen LogP contribution in [0.15, 0.2) is 42.5 Å². The number of nitrogens with one attached hydrogen (secondary N) is 1. The molecule has 4 nitrogen and oxygen atoms in total. The summed E-state index contributed by atoms with van der Waals surface area (Å²) in [5.74, 6) is 0.906. The van der Waals surface area contributed by atoms with Gasteiger partial charge >= 0.3 is 0 Å². The summed E-state index contributed by atoms with van der Waals surface area (Å²) in [4.78, 5) is 17.1. The summed E-state index contributed by atoms with van der Waals surface area (Å²) >= 11 is 0. The maximum Gasteiger partial charge on any atom is 0.244 e. The number of benzene rings is 2. The lowest BCUT2D eigenvalue weighted by atomic mass is 10.1. The van der Waals surface area contributed by atoms with E-state index in [1.807, 2.05) is 60.9 Å². The van der Waals surface area contributed by atoms with Crippen molar-refractivity contribution >= 4 is 22.6 Å². The van der Waals surface area contributed by atoms with Crippen molar-refractivity contribution in [3.8, 4) is 0 Å². The van der Waals surface area contributed by atoms with Gasteiger partial charge in [-0.2, -0.15) is 0 Å². The van der Waals surface area contributed by atoms with E-state index in [-0.39, 0.29) is 12.5 Å². The van der Waals surface area contributed by atoms with Gasteiger partial charge in [-0.1, -0.05) is 37.3 Å². The van der Waals surface area contributed by atoms with Crippen LogP contribution in [0.25, 0.3) is 11.0 Å². The molecule has 0 fully saturated rings. The van der Waals surface area contributed by atoms with Gasteiger partial charge in [0.2, 0.25) is 5.91 Å². The first-order chi connectivity index (χ1) is 11.1. The number of hydrogen-bond donors (Lipinski definition) is 1. The number of aromatic nitrogens is 2. The van der Waals surface area contributed by atoms with Crippen LogP contribution in [0.1, 0.15) is 23.9 Å². The maximum atomic E-state index is 12.5. The zero-order chi connectivity index (χ0) is 16.4. The lowest BCUT2D eigenvalue weighted by Crippen LogP contribution is -2.21. The summed E-state index contributed by atoms with van der Waals surface area (Å²) in [6.45, 7) is 6.35. The number of fused-ring (bicyclic) bond motifs is 1. The molecular formula is C19H21N3O. The minimum Gasteiger partial charge on any atom is -0.324 e. The standard InChI is InChI=1S/C19H21N3O/c1-4-17-20-15-10-5-6-11-16(15)22(17)12-18(23)21-19-13(2)8-7-9-14(19)3/h5-11H,4,12H2,1-3H3,(H,21,23). The molecule has 2 aromatic carbocycles. The molecule has 0 atom stereocenters. The number of nitrogens with zero attached hydrogens (tertiary/aromatic N) is 2. The first-order valence-corrected chi connectivity index (χ1v) is 7.90. The highest BCUT2D eigenvalue weighted by atomic mass is 16.1. The van der Waals surface area contributed by atoms with Crippen molar-refractivity contribution in [1.82, 2.24) is 9.55 Å². The van der Waals surface area contributed by atoms with E-state index in [0.717, 1.165) is 40.1 Å². The minimum atomic E-state index is -0.0275. The van der Waals surface area contributed by atoms with Crippen LogP contribution in [0, 0.1) is 13.8 Å². The van der Waals surface area contributed by atoms with Crippen LogP contribution in [-0.4, -0.2) is 15.5 Å². The van der Waals surface area contributed by atoms with Crippen molar-refractivity contribution in [3.05, 3.63) is 59.4 Å². The van der Waals surface area contributed by atoms with E-state index in [4.69, 9.17) is 0 Å². The van der Waals surface area contributed by atoms with Crippen LogP contribution in [0.3, 0.4) is 0 Å². The number of imidazole rings is 1.